The summed E-state index contributed by atoms with van der Waals surface area (Å²) in [5.74, 6) is 0.996. The first-order valence-corrected chi connectivity index (χ1v) is 10.8. The van der Waals surface area contributed by atoms with Crippen molar-refractivity contribution in [1.29, 1.82) is 0 Å². The first-order chi connectivity index (χ1) is 15.5. The zero-order chi connectivity index (χ0) is 22.8. The minimum absolute atomic E-state index is 0.00193. The summed E-state index contributed by atoms with van der Waals surface area (Å²) in [5.41, 5.74) is 2.59. The summed E-state index contributed by atoms with van der Waals surface area (Å²) >= 11 is 0. The van der Waals surface area contributed by atoms with Crippen molar-refractivity contribution in [2.75, 3.05) is 14.2 Å². The molecule has 0 bridgehead atoms. The summed E-state index contributed by atoms with van der Waals surface area (Å²) in [6.07, 6.45) is 0.723. The number of hydrogen-bond acceptors (Lipinski definition) is 4. The van der Waals surface area contributed by atoms with E-state index in [1.165, 1.54) is 0 Å². The Bertz CT molecular complexity index is 1250. The van der Waals surface area contributed by atoms with Crippen LogP contribution >= 0.6 is 0 Å². The lowest BCUT2D eigenvalue weighted by Crippen LogP contribution is -2.06. The summed E-state index contributed by atoms with van der Waals surface area (Å²) in [7, 11) is 3.16. The van der Waals surface area contributed by atoms with Crippen LogP contribution in [0.1, 0.15) is 47.4 Å². The SMILES string of the molecule is CCC(=O)c1cc2ccccc2c(-c2c(OC)c(C(=O)CC)cc3ccccc23)c1OC. The minimum atomic E-state index is -0.00193. The number of benzene rings is 4. The van der Waals surface area contributed by atoms with Crippen LogP contribution in [-0.2, 0) is 0 Å². The molecule has 4 rings (SSSR count). The molecule has 0 amide bonds. The van der Waals surface area contributed by atoms with E-state index in [4.69, 9.17) is 9.47 Å². The normalized spacial score (nSPS) is 11.0. The molecule has 0 aliphatic rings. The molecular weight excluding hydrogens is 400 g/mol. The van der Waals surface area contributed by atoms with E-state index in [0.29, 0.717) is 35.5 Å². The third-order valence-corrected chi connectivity index (χ3v) is 5.90. The average molecular weight is 427 g/mol. The molecule has 32 heavy (non-hydrogen) atoms. The highest BCUT2D eigenvalue weighted by molar-refractivity contribution is 6.17. The minimum Gasteiger partial charge on any atom is -0.495 e. The molecule has 0 spiro atoms. The number of carbonyl (C=O) groups is 2. The predicted molar refractivity (Wildman–Crippen MR) is 129 cm³/mol. The molecule has 0 N–H and O–H groups in total. The van der Waals surface area contributed by atoms with Crippen molar-refractivity contribution >= 4 is 33.1 Å². The van der Waals surface area contributed by atoms with E-state index in [2.05, 4.69) is 0 Å². The van der Waals surface area contributed by atoms with Crippen LogP contribution in [0.4, 0.5) is 0 Å². The number of Topliss-reactive ketones (excluding diaryl/α,β-unsaturated/α-hetero) is 2. The molecule has 0 heterocycles. The van der Waals surface area contributed by atoms with Crippen LogP contribution in [0.5, 0.6) is 11.5 Å². The Balaban J connectivity index is 2.28. The molecule has 0 unspecified atom stereocenters. The van der Waals surface area contributed by atoms with Gasteiger partial charge in [0.15, 0.2) is 11.6 Å². The van der Waals surface area contributed by atoms with Gasteiger partial charge in [0.2, 0.25) is 0 Å². The van der Waals surface area contributed by atoms with Crippen LogP contribution in [0.15, 0.2) is 60.7 Å². The second kappa shape index (κ2) is 8.83. The van der Waals surface area contributed by atoms with Crippen LogP contribution in [0.3, 0.4) is 0 Å². The average Bonchev–Trinajstić information content (AvgIpc) is 2.85. The van der Waals surface area contributed by atoms with E-state index in [9.17, 15) is 9.59 Å². The monoisotopic (exact) mass is 426 g/mol. The first-order valence-electron chi connectivity index (χ1n) is 10.8. The Kier molecular flexibility index (Phi) is 5.95. The van der Waals surface area contributed by atoms with Gasteiger partial charge in [-0.25, -0.2) is 0 Å². The van der Waals surface area contributed by atoms with E-state index in [0.717, 1.165) is 32.7 Å². The molecule has 0 saturated heterocycles. The smallest absolute Gasteiger partial charge is 0.166 e. The van der Waals surface area contributed by atoms with Crippen LogP contribution in [-0.4, -0.2) is 25.8 Å². The van der Waals surface area contributed by atoms with Gasteiger partial charge in [-0.15, -0.1) is 0 Å². The number of ketones is 2. The zero-order valence-electron chi connectivity index (χ0n) is 18.8. The second-order valence-corrected chi connectivity index (χ2v) is 7.66. The van der Waals surface area contributed by atoms with Crippen molar-refractivity contribution in [2.45, 2.75) is 26.7 Å². The Morgan fingerprint density at radius 2 is 1.03 bits per heavy atom. The van der Waals surface area contributed by atoms with E-state index in [1.807, 2.05) is 74.5 Å². The maximum Gasteiger partial charge on any atom is 0.166 e. The molecule has 4 heteroatoms. The van der Waals surface area contributed by atoms with Crippen molar-refractivity contribution in [3.8, 4) is 22.6 Å². The maximum atomic E-state index is 12.9. The second-order valence-electron chi connectivity index (χ2n) is 7.66. The summed E-state index contributed by atoms with van der Waals surface area (Å²) in [4.78, 5) is 25.8. The molecule has 0 fully saturated rings. The van der Waals surface area contributed by atoms with Gasteiger partial charge in [0.1, 0.15) is 11.5 Å². The van der Waals surface area contributed by atoms with Gasteiger partial charge in [-0.05, 0) is 33.7 Å². The van der Waals surface area contributed by atoms with Gasteiger partial charge in [0.25, 0.3) is 0 Å². The first kappa shape index (κ1) is 21.6. The number of rotatable bonds is 7. The van der Waals surface area contributed by atoms with Gasteiger partial charge in [-0.1, -0.05) is 62.4 Å². The topological polar surface area (TPSA) is 52.6 Å². The fraction of sp³-hybridized carbons (Fsp3) is 0.214. The van der Waals surface area contributed by atoms with Gasteiger partial charge in [-0.2, -0.15) is 0 Å². The Morgan fingerprint density at radius 1 is 0.656 bits per heavy atom. The molecule has 0 aliphatic carbocycles. The van der Waals surface area contributed by atoms with E-state index in [-0.39, 0.29) is 11.6 Å². The number of fused-ring (bicyclic) bond motifs is 2. The largest absolute Gasteiger partial charge is 0.495 e. The number of carbonyl (C=O) groups excluding carboxylic acids is 2. The fourth-order valence-corrected chi connectivity index (χ4v) is 4.37. The standard InChI is InChI=1S/C28H26O4/c1-5-23(29)21-15-17-11-7-9-13-19(17)25(27(21)31-3)26-20-14-10-8-12-18(20)16-22(24(30)6-2)28(26)32-4/h7-16H,5-6H2,1-4H3. The molecule has 4 aromatic carbocycles. The van der Waals surface area contributed by atoms with Crippen molar-refractivity contribution in [3.63, 3.8) is 0 Å². The molecule has 162 valence electrons. The predicted octanol–water partition coefficient (Wildman–Crippen LogP) is 6.86. The third kappa shape index (κ3) is 3.42. The molecule has 4 aromatic rings. The summed E-state index contributed by atoms with van der Waals surface area (Å²) in [5, 5.41) is 3.72. The lowest BCUT2D eigenvalue weighted by molar-refractivity contribution is 0.0977. The molecule has 0 aromatic heterocycles. The summed E-state index contributed by atoms with van der Waals surface area (Å²) < 4.78 is 11.8. The molecule has 4 nitrogen and oxygen atoms in total. The van der Waals surface area contributed by atoms with Gasteiger partial charge < -0.3 is 9.47 Å². The third-order valence-electron chi connectivity index (χ3n) is 5.90. The number of ether oxygens (including phenoxy) is 2. The van der Waals surface area contributed by atoms with Gasteiger partial charge in [-0.3, -0.25) is 9.59 Å². The fourth-order valence-electron chi connectivity index (χ4n) is 4.37. The van der Waals surface area contributed by atoms with Gasteiger partial charge in [0.05, 0.1) is 25.3 Å². The van der Waals surface area contributed by atoms with Crippen LogP contribution in [0.25, 0.3) is 32.7 Å². The van der Waals surface area contributed by atoms with Crippen molar-refractivity contribution in [2.24, 2.45) is 0 Å². The Hall–Kier alpha value is -3.66. The van der Waals surface area contributed by atoms with Crippen LogP contribution in [0, 0.1) is 0 Å². The molecule has 0 saturated carbocycles. The summed E-state index contributed by atoms with van der Waals surface area (Å²) in [6, 6.07) is 19.6. The van der Waals surface area contributed by atoms with Crippen molar-refractivity contribution in [1.82, 2.24) is 0 Å². The van der Waals surface area contributed by atoms with E-state index < -0.39 is 0 Å². The van der Waals surface area contributed by atoms with Crippen molar-refractivity contribution in [3.05, 3.63) is 71.8 Å². The van der Waals surface area contributed by atoms with Crippen LogP contribution in [0.2, 0.25) is 0 Å². The van der Waals surface area contributed by atoms with Crippen molar-refractivity contribution < 1.29 is 19.1 Å². The highest BCUT2D eigenvalue weighted by atomic mass is 16.5. The highest BCUT2D eigenvalue weighted by Crippen LogP contribution is 2.48. The molecular formula is C28H26O4. The molecule has 0 radical (unpaired) electrons. The lowest BCUT2D eigenvalue weighted by Gasteiger charge is -2.21. The molecule has 0 atom stereocenters. The molecule has 0 aliphatic heterocycles. The Morgan fingerprint density at radius 3 is 1.38 bits per heavy atom. The quantitative estimate of drug-likeness (QED) is 0.303. The van der Waals surface area contributed by atoms with E-state index >= 15 is 0 Å². The van der Waals surface area contributed by atoms with Crippen LogP contribution < -0.4 is 9.47 Å². The van der Waals surface area contributed by atoms with Gasteiger partial charge in [0, 0.05) is 24.0 Å². The van der Waals surface area contributed by atoms with Gasteiger partial charge >= 0.3 is 0 Å². The zero-order valence-corrected chi connectivity index (χ0v) is 18.8. The number of methoxy groups -OCH3 is 2. The number of hydrogen-bond donors (Lipinski definition) is 0. The maximum absolute atomic E-state index is 12.9. The Labute approximate surface area is 187 Å². The summed E-state index contributed by atoms with van der Waals surface area (Å²) in [6.45, 7) is 3.68. The van der Waals surface area contributed by atoms with E-state index in [1.54, 1.807) is 14.2 Å². The lowest BCUT2D eigenvalue weighted by atomic mass is 9.87. The highest BCUT2D eigenvalue weighted by Gasteiger charge is 2.26.